The van der Waals surface area contributed by atoms with Crippen LogP contribution in [0.5, 0.6) is 5.75 Å². The van der Waals surface area contributed by atoms with Crippen molar-refractivity contribution < 1.29 is 9.53 Å². The summed E-state index contributed by atoms with van der Waals surface area (Å²) in [4.78, 5) is 14.4. The lowest BCUT2D eigenvalue weighted by molar-refractivity contribution is -0.117. The van der Waals surface area contributed by atoms with E-state index in [0.29, 0.717) is 13.0 Å². The number of hydrogen-bond donors (Lipinski definition) is 0. The van der Waals surface area contributed by atoms with Crippen molar-refractivity contribution in [2.75, 3.05) is 4.90 Å². The third-order valence-corrected chi connectivity index (χ3v) is 5.04. The molecule has 1 aliphatic heterocycles. The van der Waals surface area contributed by atoms with E-state index in [1.165, 1.54) is 0 Å². The molecular formula is C24H20N2O2. The van der Waals surface area contributed by atoms with Crippen molar-refractivity contribution in [1.82, 2.24) is 0 Å². The molecule has 28 heavy (non-hydrogen) atoms. The number of nitrogens with zero attached hydrogens (tertiary/aromatic N) is 2. The Labute approximate surface area is 164 Å². The van der Waals surface area contributed by atoms with Gasteiger partial charge in [-0.2, -0.15) is 5.26 Å². The van der Waals surface area contributed by atoms with Gasteiger partial charge in [-0.05, 0) is 23.8 Å². The highest BCUT2D eigenvalue weighted by atomic mass is 16.5. The van der Waals surface area contributed by atoms with E-state index >= 15 is 0 Å². The van der Waals surface area contributed by atoms with Crippen LogP contribution in [-0.2, 0) is 11.4 Å². The Morgan fingerprint density at radius 2 is 1.57 bits per heavy atom. The Morgan fingerprint density at radius 3 is 2.29 bits per heavy atom. The molecule has 0 N–H and O–H groups in total. The molecule has 3 aromatic carbocycles. The lowest BCUT2D eigenvalue weighted by Crippen LogP contribution is -2.33. The maximum Gasteiger partial charge on any atom is 0.228 e. The molecule has 1 amide bonds. The van der Waals surface area contributed by atoms with Gasteiger partial charge in [0.05, 0.1) is 6.07 Å². The molecule has 4 rings (SSSR count). The summed E-state index contributed by atoms with van der Waals surface area (Å²) >= 11 is 0. The van der Waals surface area contributed by atoms with Gasteiger partial charge in [0.1, 0.15) is 18.4 Å². The largest absolute Gasteiger partial charge is 0.489 e. The molecule has 1 aliphatic rings. The van der Waals surface area contributed by atoms with Gasteiger partial charge < -0.3 is 4.74 Å². The van der Waals surface area contributed by atoms with E-state index in [0.717, 1.165) is 22.6 Å². The van der Waals surface area contributed by atoms with E-state index < -0.39 is 6.04 Å². The van der Waals surface area contributed by atoms with Gasteiger partial charge in [-0.1, -0.05) is 66.7 Å². The van der Waals surface area contributed by atoms with E-state index in [9.17, 15) is 10.1 Å². The van der Waals surface area contributed by atoms with E-state index in [1.807, 2.05) is 84.9 Å². The fraction of sp³-hybridized carbons (Fsp3) is 0.167. The van der Waals surface area contributed by atoms with Crippen molar-refractivity contribution in [2.45, 2.75) is 25.0 Å². The van der Waals surface area contributed by atoms with Gasteiger partial charge in [-0.15, -0.1) is 0 Å². The summed E-state index contributed by atoms with van der Waals surface area (Å²) in [6.07, 6.45) is 0.291. The van der Waals surface area contributed by atoms with Crippen LogP contribution in [0.4, 0.5) is 5.69 Å². The molecule has 2 unspecified atom stereocenters. The number of anilines is 1. The first-order chi connectivity index (χ1) is 13.8. The maximum atomic E-state index is 12.8. The zero-order valence-corrected chi connectivity index (χ0v) is 15.4. The SMILES string of the molecule is N#CC1C(c2ccccc2OCc2ccccc2)CC(=O)N1c1ccccc1. The Kier molecular flexibility index (Phi) is 5.07. The van der Waals surface area contributed by atoms with Gasteiger partial charge in [0.2, 0.25) is 5.91 Å². The third-order valence-electron chi connectivity index (χ3n) is 5.04. The number of carbonyl (C=O) groups is 1. The fourth-order valence-corrected chi connectivity index (χ4v) is 3.71. The van der Waals surface area contributed by atoms with Crippen LogP contribution in [0.3, 0.4) is 0 Å². The van der Waals surface area contributed by atoms with Crippen molar-refractivity contribution in [3.8, 4) is 11.8 Å². The topological polar surface area (TPSA) is 53.3 Å². The standard InChI is InChI=1S/C24H20N2O2/c25-16-22-21(15-24(27)26(22)19-11-5-2-6-12-19)20-13-7-8-14-23(20)28-17-18-9-3-1-4-10-18/h1-14,21-22H,15,17H2. The smallest absolute Gasteiger partial charge is 0.228 e. The Balaban J connectivity index is 1.62. The van der Waals surface area contributed by atoms with Crippen LogP contribution in [0.15, 0.2) is 84.9 Å². The number of rotatable bonds is 5. The summed E-state index contributed by atoms with van der Waals surface area (Å²) in [5.41, 5.74) is 2.73. The van der Waals surface area contributed by atoms with Gasteiger partial charge in [0, 0.05) is 23.6 Å². The second-order valence-corrected chi connectivity index (χ2v) is 6.80. The molecule has 1 heterocycles. The van der Waals surface area contributed by atoms with Gasteiger partial charge in [0.25, 0.3) is 0 Å². The van der Waals surface area contributed by atoms with E-state index in [-0.39, 0.29) is 11.8 Å². The normalized spacial score (nSPS) is 18.7. The summed E-state index contributed by atoms with van der Waals surface area (Å²) in [7, 11) is 0. The van der Waals surface area contributed by atoms with Crippen LogP contribution in [0.2, 0.25) is 0 Å². The summed E-state index contributed by atoms with van der Waals surface area (Å²) in [5.74, 6) is 0.449. The highest BCUT2D eigenvalue weighted by Gasteiger charge is 2.42. The predicted molar refractivity (Wildman–Crippen MR) is 108 cm³/mol. The first kappa shape index (κ1) is 17.8. The second kappa shape index (κ2) is 7.98. The number of benzene rings is 3. The second-order valence-electron chi connectivity index (χ2n) is 6.80. The van der Waals surface area contributed by atoms with Crippen molar-refractivity contribution in [3.05, 3.63) is 96.1 Å². The maximum absolute atomic E-state index is 12.8. The Morgan fingerprint density at radius 1 is 0.929 bits per heavy atom. The quantitative estimate of drug-likeness (QED) is 0.657. The molecule has 138 valence electrons. The zero-order chi connectivity index (χ0) is 19.3. The number of hydrogen-bond acceptors (Lipinski definition) is 3. The minimum absolute atomic E-state index is 0.0411. The van der Waals surface area contributed by atoms with Crippen molar-refractivity contribution in [2.24, 2.45) is 0 Å². The van der Waals surface area contributed by atoms with Gasteiger partial charge >= 0.3 is 0 Å². The summed E-state index contributed by atoms with van der Waals surface area (Å²) < 4.78 is 6.07. The number of ether oxygens (including phenoxy) is 1. The van der Waals surface area contributed by atoms with Crippen LogP contribution in [-0.4, -0.2) is 11.9 Å². The first-order valence-electron chi connectivity index (χ1n) is 9.30. The minimum Gasteiger partial charge on any atom is -0.489 e. The molecule has 0 aromatic heterocycles. The van der Waals surface area contributed by atoms with Crippen LogP contribution in [0, 0.1) is 11.3 Å². The van der Waals surface area contributed by atoms with Crippen LogP contribution in [0.1, 0.15) is 23.5 Å². The van der Waals surface area contributed by atoms with Crippen LogP contribution in [0.25, 0.3) is 0 Å². The summed E-state index contributed by atoms with van der Waals surface area (Å²) in [6.45, 7) is 0.443. The Hall–Kier alpha value is -3.58. The lowest BCUT2D eigenvalue weighted by Gasteiger charge is -2.24. The minimum atomic E-state index is -0.559. The summed E-state index contributed by atoms with van der Waals surface area (Å²) in [6, 6.07) is 28.8. The highest BCUT2D eigenvalue weighted by molar-refractivity contribution is 5.98. The van der Waals surface area contributed by atoms with Gasteiger partial charge in [-0.3, -0.25) is 9.69 Å². The van der Waals surface area contributed by atoms with E-state index in [2.05, 4.69) is 6.07 Å². The number of amides is 1. The van der Waals surface area contributed by atoms with Gasteiger partial charge in [0.15, 0.2) is 0 Å². The highest BCUT2D eigenvalue weighted by Crippen LogP contribution is 2.40. The molecule has 0 spiro atoms. The van der Waals surface area contributed by atoms with Crippen molar-refractivity contribution >= 4 is 11.6 Å². The van der Waals surface area contributed by atoms with Gasteiger partial charge in [-0.25, -0.2) is 0 Å². The molecule has 4 heteroatoms. The average Bonchev–Trinajstić information content (AvgIpc) is 3.10. The van der Waals surface area contributed by atoms with Crippen molar-refractivity contribution in [3.63, 3.8) is 0 Å². The molecule has 1 saturated heterocycles. The number of nitriles is 1. The molecule has 0 saturated carbocycles. The van der Waals surface area contributed by atoms with Crippen molar-refractivity contribution in [1.29, 1.82) is 5.26 Å². The number of carbonyl (C=O) groups excluding carboxylic acids is 1. The first-order valence-corrected chi connectivity index (χ1v) is 9.30. The predicted octanol–water partition coefficient (Wildman–Crippen LogP) is 4.68. The molecule has 0 radical (unpaired) electrons. The Bertz CT molecular complexity index is 996. The molecule has 3 aromatic rings. The molecular weight excluding hydrogens is 348 g/mol. The molecule has 1 fully saturated rings. The monoisotopic (exact) mass is 368 g/mol. The van der Waals surface area contributed by atoms with Crippen LogP contribution >= 0.6 is 0 Å². The van der Waals surface area contributed by atoms with E-state index in [1.54, 1.807) is 4.90 Å². The van der Waals surface area contributed by atoms with Crippen LogP contribution < -0.4 is 9.64 Å². The molecule has 0 bridgehead atoms. The summed E-state index contributed by atoms with van der Waals surface area (Å²) in [5, 5.41) is 9.86. The molecule has 2 atom stereocenters. The molecule has 4 nitrogen and oxygen atoms in total. The zero-order valence-electron chi connectivity index (χ0n) is 15.4. The molecule has 0 aliphatic carbocycles. The van der Waals surface area contributed by atoms with E-state index in [4.69, 9.17) is 4.74 Å². The fourth-order valence-electron chi connectivity index (χ4n) is 3.71. The lowest BCUT2D eigenvalue weighted by atomic mass is 9.91. The number of para-hydroxylation sites is 2. The average molecular weight is 368 g/mol. The third kappa shape index (κ3) is 3.47.